The van der Waals surface area contributed by atoms with Gasteiger partial charge >= 0.3 is 0 Å². The van der Waals surface area contributed by atoms with Crippen LogP contribution in [0.15, 0.2) is 0 Å². The van der Waals surface area contributed by atoms with E-state index in [4.69, 9.17) is 10.6 Å². The van der Waals surface area contributed by atoms with Crippen LogP contribution in [0.3, 0.4) is 0 Å². The molecule has 5 nitrogen and oxygen atoms in total. The van der Waals surface area contributed by atoms with Crippen LogP contribution in [0.5, 0.6) is 0 Å². The van der Waals surface area contributed by atoms with Gasteiger partial charge in [-0.2, -0.15) is 0 Å². The van der Waals surface area contributed by atoms with Crippen molar-refractivity contribution in [3.8, 4) is 0 Å². The molecular weight excluding hydrogens is 230 g/mol. The van der Waals surface area contributed by atoms with Crippen molar-refractivity contribution in [2.24, 2.45) is 11.8 Å². The lowest BCUT2D eigenvalue weighted by Crippen LogP contribution is -2.50. The number of methoxy groups -OCH3 is 1. The van der Waals surface area contributed by atoms with Crippen molar-refractivity contribution >= 4 is 5.91 Å². The zero-order chi connectivity index (χ0) is 14.1. The quantitative estimate of drug-likeness (QED) is 0.370. The minimum absolute atomic E-state index is 0.115. The van der Waals surface area contributed by atoms with Gasteiger partial charge in [0, 0.05) is 25.7 Å². The van der Waals surface area contributed by atoms with E-state index in [0.29, 0.717) is 12.6 Å². The molecule has 0 rings (SSSR count). The standard InChI is InChI=1S/C13H29N3O2/c1-6-12(7-2)16(8-9-18-5)11(4)10(3)13(17)15-14/h10-12H,6-9,14H2,1-5H3,(H,15,17). The molecule has 18 heavy (non-hydrogen) atoms. The zero-order valence-electron chi connectivity index (χ0n) is 12.4. The molecule has 0 aromatic heterocycles. The minimum Gasteiger partial charge on any atom is -0.383 e. The van der Waals surface area contributed by atoms with E-state index in [1.54, 1.807) is 7.11 Å². The number of nitrogens with two attached hydrogens (primary N) is 1. The molecule has 5 heteroatoms. The summed E-state index contributed by atoms with van der Waals surface area (Å²) in [5.74, 6) is 4.96. The third kappa shape index (κ3) is 4.92. The highest BCUT2D eigenvalue weighted by molar-refractivity contribution is 5.78. The summed E-state index contributed by atoms with van der Waals surface area (Å²) >= 11 is 0. The van der Waals surface area contributed by atoms with Crippen LogP contribution >= 0.6 is 0 Å². The highest BCUT2D eigenvalue weighted by Gasteiger charge is 2.28. The summed E-state index contributed by atoms with van der Waals surface area (Å²) in [7, 11) is 1.70. The van der Waals surface area contributed by atoms with Gasteiger partial charge in [-0.1, -0.05) is 20.8 Å². The third-order valence-corrected chi connectivity index (χ3v) is 3.77. The van der Waals surface area contributed by atoms with E-state index in [-0.39, 0.29) is 17.9 Å². The van der Waals surface area contributed by atoms with Crippen LogP contribution in [0.1, 0.15) is 40.5 Å². The van der Waals surface area contributed by atoms with Crippen molar-refractivity contribution in [1.29, 1.82) is 0 Å². The first-order valence-electron chi connectivity index (χ1n) is 6.78. The molecule has 0 aliphatic carbocycles. The van der Waals surface area contributed by atoms with Crippen LogP contribution in [0, 0.1) is 5.92 Å². The predicted molar refractivity (Wildman–Crippen MR) is 73.9 cm³/mol. The van der Waals surface area contributed by atoms with Gasteiger partial charge in [-0.05, 0) is 19.8 Å². The molecule has 0 bridgehead atoms. The largest absolute Gasteiger partial charge is 0.383 e. The zero-order valence-corrected chi connectivity index (χ0v) is 12.4. The second-order valence-corrected chi connectivity index (χ2v) is 4.74. The van der Waals surface area contributed by atoms with Gasteiger partial charge in [0.25, 0.3) is 0 Å². The minimum atomic E-state index is -0.132. The highest BCUT2D eigenvalue weighted by Crippen LogP contribution is 2.18. The summed E-state index contributed by atoms with van der Waals surface area (Å²) in [4.78, 5) is 14.0. The first-order chi connectivity index (χ1) is 8.53. The first-order valence-corrected chi connectivity index (χ1v) is 6.78. The summed E-state index contributed by atoms with van der Waals surface area (Å²) in [5, 5.41) is 0. The molecule has 0 aromatic carbocycles. The maximum atomic E-state index is 11.6. The molecule has 0 heterocycles. The van der Waals surface area contributed by atoms with Crippen molar-refractivity contribution in [3.63, 3.8) is 0 Å². The van der Waals surface area contributed by atoms with Crippen LogP contribution in [-0.2, 0) is 9.53 Å². The summed E-state index contributed by atoms with van der Waals surface area (Å²) < 4.78 is 5.16. The van der Waals surface area contributed by atoms with Gasteiger partial charge in [0.05, 0.1) is 12.5 Å². The number of hydrogen-bond acceptors (Lipinski definition) is 4. The van der Waals surface area contributed by atoms with E-state index in [2.05, 4.69) is 31.1 Å². The van der Waals surface area contributed by atoms with Gasteiger partial charge in [0.2, 0.25) is 5.91 Å². The Morgan fingerprint density at radius 1 is 1.33 bits per heavy atom. The summed E-state index contributed by atoms with van der Waals surface area (Å²) in [6, 6.07) is 0.622. The van der Waals surface area contributed by atoms with Gasteiger partial charge in [-0.25, -0.2) is 5.84 Å². The SMILES string of the molecule is CCC(CC)N(CCOC)C(C)C(C)C(=O)NN. The number of hydrazine groups is 1. The van der Waals surface area contributed by atoms with Crippen LogP contribution in [-0.4, -0.2) is 43.2 Å². The fourth-order valence-electron chi connectivity index (χ4n) is 2.31. The Labute approximate surface area is 111 Å². The highest BCUT2D eigenvalue weighted by atomic mass is 16.5. The van der Waals surface area contributed by atoms with E-state index in [1.807, 2.05) is 6.92 Å². The van der Waals surface area contributed by atoms with Crippen molar-refractivity contribution in [2.75, 3.05) is 20.3 Å². The Morgan fingerprint density at radius 2 is 1.89 bits per heavy atom. The van der Waals surface area contributed by atoms with Crippen LogP contribution in [0.4, 0.5) is 0 Å². The third-order valence-electron chi connectivity index (χ3n) is 3.77. The molecule has 0 radical (unpaired) electrons. The Balaban J connectivity index is 4.76. The Hall–Kier alpha value is -0.650. The molecule has 0 aromatic rings. The molecule has 0 fully saturated rings. The fraction of sp³-hybridized carbons (Fsp3) is 0.923. The number of nitrogens with zero attached hydrogens (tertiary/aromatic N) is 1. The predicted octanol–water partition coefficient (Wildman–Crippen LogP) is 1.14. The second kappa shape index (κ2) is 9.30. The molecule has 0 aliphatic rings. The van der Waals surface area contributed by atoms with Crippen molar-refractivity contribution in [2.45, 2.75) is 52.6 Å². The topological polar surface area (TPSA) is 67.6 Å². The molecule has 108 valence electrons. The number of nitrogens with one attached hydrogen (secondary N) is 1. The maximum absolute atomic E-state index is 11.6. The molecule has 1 amide bonds. The van der Waals surface area contributed by atoms with Gasteiger partial charge in [-0.15, -0.1) is 0 Å². The van der Waals surface area contributed by atoms with E-state index >= 15 is 0 Å². The van der Waals surface area contributed by atoms with Crippen LogP contribution in [0.25, 0.3) is 0 Å². The number of hydrogen-bond donors (Lipinski definition) is 2. The van der Waals surface area contributed by atoms with Crippen LogP contribution in [0.2, 0.25) is 0 Å². The van der Waals surface area contributed by atoms with Crippen LogP contribution < -0.4 is 11.3 Å². The van der Waals surface area contributed by atoms with E-state index < -0.39 is 0 Å². The van der Waals surface area contributed by atoms with E-state index in [0.717, 1.165) is 19.4 Å². The van der Waals surface area contributed by atoms with Crippen molar-refractivity contribution in [3.05, 3.63) is 0 Å². The molecule has 2 atom stereocenters. The van der Waals surface area contributed by atoms with Gasteiger partial charge < -0.3 is 4.74 Å². The normalized spacial score (nSPS) is 14.9. The Morgan fingerprint density at radius 3 is 2.28 bits per heavy atom. The average molecular weight is 259 g/mol. The molecule has 0 aliphatic heterocycles. The summed E-state index contributed by atoms with van der Waals surface area (Å²) in [6.45, 7) is 9.86. The Bertz CT molecular complexity index is 232. The van der Waals surface area contributed by atoms with Crippen molar-refractivity contribution in [1.82, 2.24) is 10.3 Å². The lowest BCUT2D eigenvalue weighted by atomic mass is 9.98. The summed E-state index contributed by atoms with van der Waals surface area (Å²) in [5.41, 5.74) is 2.23. The molecule has 0 saturated carbocycles. The fourth-order valence-corrected chi connectivity index (χ4v) is 2.31. The summed E-state index contributed by atoms with van der Waals surface area (Å²) in [6.07, 6.45) is 2.14. The molecule has 3 N–H and O–H groups in total. The number of carbonyl (C=O) groups is 1. The first kappa shape index (κ1) is 17.4. The van der Waals surface area contributed by atoms with E-state index in [1.165, 1.54) is 0 Å². The van der Waals surface area contributed by atoms with Crippen molar-refractivity contribution < 1.29 is 9.53 Å². The molecule has 0 saturated heterocycles. The number of ether oxygens (including phenoxy) is 1. The smallest absolute Gasteiger partial charge is 0.238 e. The molecule has 2 unspecified atom stereocenters. The lowest BCUT2D eigenvalue weighted by molar-refractivity contribution is -0.127. The maximum Gasteiger partial charge on any atom is 0.238 e. The Kier molecular flexibility index (Phi) is 8.97. The second-order valence-electron chi connectivity index (χ2n) is 4.74. The van der Waals surface area contributed by atoms with Gasteiger partial charge in [0.1, 0.15) is 0 Å². The lowest BCUT2D eigenvalue weighted by Gasteiger charge is -2.38. The number of rotatable bonds is 9. The van der Waals surface area contributed by atoms with E-state index in [9.17, 15) is 4.79 Å². The molecular formula is C13H29N3O2. The van der Waals surface area contributed by atoms with Gasteiger partial charge in [-0.3, -0.25) is 15.1 Å². The average Bonchev–Trinajstić information content (AvgIpc) is 2.40. The number of carbonyl (C=O) groups excluding carboxylic acids is 1. The number of amides is 1. The van der Waals surface area contributed by atoms with Gasteiger partial charge in [0.15, 0.2) is 0 Å². The molecule has 0 spiro atoms. The monoisotopic (exact) mass is 259 g/mol.